The summed E-state index contributed by atoms with van der Waals surface area (Å²) in [7, 11) is 0. The van der Waals surface area contributed by atoms with Gasteiger partial charge in [-0.25, -0.2) is 0 Å². The predicted octanol–water partition coefficient (Wildman–Crippen LogP) is 3.65. The van der Waals surface area contributed by atoms with E-state index in [1.165, 1.54) is 9.80 Å². The summed E-state index contributed by atoms with van der Waals surface area (Å²) >= 11 is 6.12. The molecule has 10 nitrogen and oxygen atoms in total. The van der Waals surface area contributed by atoms with Gasteiger partial charge in [-0.15, -0.1) is 13.2 Å². The van der Waals surface area contributed by atoms with E-state index in [0.717, 1.165) is 0 Å². The van der Waals surface area contributed by atoms with Gasteiger partial charge in [-0.05, 0) is 62.8 Å². The summed E-state index contributed by atoms with van der Waals surface area (Å²) in [5, 5.41) is 13.8. The van der Waals surface area contributed by atoms with E-state index in [2.05, 4.69) is 18.5 Å². The van der Waals surface area contributed by atoms with Gasteiger partial charge in [0.05, 0.1) is 37.1 Å². The van der Waals surface area contributed by atoms with E-state index < -0.39 is 53.6 Å². The number of fused-ring (bicyclic) bond motifs is 1. The highest BCUT2D eigenvalue weighted by molar-refractivity contribution is 6.30. The monoisotopic (exact) mass is 629 g/mol. The Hall–Kier alpha value is -3.21. The van der Waals surface area contributed by atoms with Crippen LogP contribution in [0.5, 0.6) is 0 Å². The second-order valence-electron chi connectivity index (χ2n) is 12.4. The van der Waals surface area contributed by atoms with Crippen molar-refractivity contribution in [3.8, 4) is 0 Å². The molecule has 11 heteroatoms. The first kappa shape index (κ1) is 33.7. The van der Waals surface area contributed by atoms with Crippen LogP contribution >= 0.6 is 11.6 Å². The maximum absolute atomic E-state index is 14.6. The Bertz CT molecular complexity index is 1250. The van der Waals surface area contributed by atoms with Crippen molar-refractivity contribution >= 4 is 41.0 Å². The molecule has 0 radical (unpaired) electrons. The molecule has 3 aliphatic rings. The fourth-order valence-electron chi connectivity index (χ4n) is 6.97. The standard InChI is InChI=1S/C33H44ClN3O7/c1-6-8-9-26(39)35-18-21(5)43-32(42)27-25-14-15-33(44-25)28(27)30(40)37(24(19-38)17-20(3)4)29(33)31(41)36(16-7-2)23-12-10-22(34)11-13-23/h6-7,10-13,20-21,24-25,27-29,38H,1-2,8-9,14-19H2,3-5H3,(H,35,39)/t21-,24+,25-,27+,28+,29-,33+/m0/s1. The van der Waals surface area contributed by atoms with Crippen molar-refractivity contribution in [2.45, 2.75) is 82.8 Å². The first-order valence-electron chi connectivity index (χ1n) is 15.4. The molecule has 44 heavy (non-hydrogen) atoms. The third-order valence-electron chi connectivity index (χ3n) is 8.79. The summed E-state index contributed by atoms with van der Waals surface area (Å²) in [5.41, 5.74) is -0.690. The first-order chi connectivity index (χ1) is 21.0. The van der Waals surface area contributed by atoms with Crippen molar-refractivity contribution in [3.05, 3.63) is 54.6 Å². The van der Waals surface area contributed by atoms with Crippen molar-refractivity contribution in [1.29, 1.82) is 0 Å². The van der Waals surface area contributed by atoms with Gasteiger partial charge in [0, 0.05) is 23.7 Å². The zero-order valence-corrected chi connectivity index (χ0v) is 26.5. The molecule has 3 fully saturated rings. The van der Waals surface area contributed by atoms with Crippen LogP contribution in [0.1, 0.15) is 52.9 Å². The number of nitrogens with zero attached hydrogens (tertiary/aromatic N) is 2. The van der Waals surface area contributed by atoms with E-state index in [4.69, 9.17) is 21.1 Å². The number of carbonyl (C=O) groups is 4. The lowest BCUT2D eigenvalue weighted by Crippen LogP contribution is -2.59. The van der Waals surface area contributed by atoms with Crippen molar-refractivity contribution in [2.75, 3.05) is 24.6 Å². The minimum atomic E-state index is -1.26. The highest BCUT2D eigenvalue weighted by atomic mass is 35.5. The number of hydrogen-bond donors (Lipinski definition) is 2. The van der Waals surface area contributed by atoms with Gasteiger partial charge in [-0.3, -0.25) is 19.2 Å². The molecule has 240 valence electrons. The number of aliphatic hydroxyl groups is 1. The number of likely N-dealkylation sites (tertiary alicyclic amines) is 1. The molecule has 7 atom stereocenters. The van der Waals surface area contributed by atoms with E-state index in [1.807, 2.05) is 13.8 Å². The smallest absolute Gasteiger partial charge is 0.312 e. The molecule has 3 aliphatic heterocycles. The number of amides is 3. The zero-order valence-electron chi connectivity index (χ0n) is 25.7. The van der Waals surface area contributed by atoms with Gasteiger partial charge in [-0.2, -0.15) is 0 Å². The summed E-state index contributed by atoms with van der Waals surface area (Å²) in [6, 6.07) is 5.08. The molecule has 2 bridgehead atoms. The molecule has 1 aromatic rings. The van der Waals surface area contributed by atoms with E-state index in [9.17, 15) is 24.3 Å². The van der Waals surface area contributed by atoms with Gasteiger partial charge >= 0.3 is 5.97 Å². The van der Waals surface area contributed by atoms with Crippen LogP contribution in [0.4, 0.5) is 5.69 Å². The minimum absolute atomic E-state index is 0.120. The predicted molar refractivity (Wildman–Crippen MR) is 167 cm³/mol. The Morgan fingerprint density at radius 2 is 1.93 bits per heavy atom. The Morgan fingerprint density at radius 1 is 1.23 bits per heavy atom. The molecule has 2 N–H and O–H groups in total. The van der Waals surface area contributed by atoms with Gasteiger partial charge in [-0.1, -0.05) is 37.6 Å². The van der Waals surface area contributed by atoms with Crippen molar-refractivity contribution in [1.82, 2.24) is 10.2 Å². The van der Waals surface area contributed by atoms with E-state index in [1.54, 1.807) is 43.3 Å². The van der Waals surface area contributed by atoms with Crippen LogP contribution < -0.4 is 10.2 Å². The number of ether oxygens (including phenoxy) is 2. The summed E-state index contributed by atoms with van der Waals surface area (Å²) in [6.45, 7) is 13.0. The molecule has 0 aliphatic carbocycles. The topological polar surface area (TPSA) is 125 Å². The zero-order chi connectivity index (χ0) is 32.2. The molecule has 3 amide bonds. The van der Waals surface area contributed by atoms with Crippen LogP contribution in [0, 0.1) is 17.8 Å². The second-order valence-corrected chi connectivity index (χ2v) is 12.8. The summed E-state index contributed by atoms with van der Waals surface area (Å²) in [4.78, 5) is 57.7. The number of carbonyl (C=O) groups excluding carboxylic acids is 4. The highest BCUT2D eigenvalue weighted by Gasteiger charge is 2.75. The van der Waals surface area contributed by atoms with Gasteiger partial charge in [0.25, 0.3) is 5.91 Å². The average Bonchev–Trinajstić information content (AvgIpc) is 3.64. The van der Waals surface area contributed by atoms with Crippen molar-refractivity contribution < 1.29 is 33.8 Å². The van der Waals surface area contributed by atoms with Gasteiger partial charge in [0.2, 0.25) is 11.8 Å². The van der Waals surface area contributed by atoms with Crippen LogP contribution in [0.25, 0.3) is 0 Å². The molecule has 4 rings (SSSR count). The fraction of sp³-hybridized carbons (Fsp3) is 0.576. The Kier molecular flexibility index (Phi) is 10.9. The summed E-state index contributed by atoms with van der Waals surface area (Å²) in [6.07, 6.45) is 4.18. The number of anilines is 1. The number of rotatable bonds is 15. The Balaban J connectivity index is 1.66. The first-order valence-corrected chi connectivity index (χ1v) is 15.7. The average molecular weight is 630 g/mol. The summed E-state index contributed by atoms with van der Waals surface area (Å²) < 4.78 is 12.3. The maximum Gasteiger partial charge on any atom is 0.312 e. The number of esters is 1. The third kappa shape index (κ3) is 6.57. The fourth-order valence-corrected chi connectivity index (χ4v) is 7.10. The number of nitrogens with one attached hydrogen (secondary N) is 1. The molecule has 0 aromatic heterocycles. The molecular formula is C33H44ClN3O7. The maximum atomic E-state index is 14.6. The second kappa shape index (κ2) is 14.3. The summed E-state index contributed by atoms with van der Waals surface area (Å²) in [5.74, 6) is -3.30. The number of hydrogen-bond acceptors (Lipinski definition) is 7. The molecule has 1 aromatic carbocycles. The third-order valence-corrected chi connectivity index (χ3v) is 9.04. The number of aliphatic hydroxyl groups excluding tert-OH is 1. The van der Waals surface area contributed by atoms with Gasteiger partial charge in [0.15, 0.2) is 0 Å². The largest absolute Gasteiger partial charge is 0.460 e. The van der Waals surface area contributed by atoms with E-state index in [0.29, 0.717) is 36.4 Å². The molecule has 1 spiro atoms. The van der Waals surface area contributed by atoms with Crippen molar-refractivity contribution in [2.24, 2.45) is 17.8 Å². The van der Waals surface area contributed by atoms with Gasteiger partial charge in [0.1, 0.15) is 17.7 Å². The molecule has 3 heterocycles. The lowest BCUT2D eigenvalue weighted by Gasteiger charge is -2.39. The quantitative estimate of drug-likeness (QED) is 0.224. The minimum Gasteiger partial charge on any atom is -0.460 e. The number of allylic oxidation sites excluding steroid dienone is 1. The number of benzene rings is 1. The Labute approximate surface area is 264 Å². The molecule has 0 saturated carbocycles. The van der Waals surface area contributed by atoms with E-state index in [-0.39, 0.29) is 43.8 Å². The number of halogens is 1. The lowest BCUT2D eigenvalue weighted by molar-refractivity contribution is -0.159. The Morgan fingerprint density at radius 3 is 2.55 bits per heavy atom. The van der Waals surface area contributed by atoms with Crippen LogP contribution in [-0.4, -0.2) is 83.3 Å². The SMILES string of the molecule is C=CCCC(=O)NC[C@H](C)OC(=O)[C@@H]1[C@@H]2CC[C@]3(O2)[C@H](C(=O)N(CC=C)c2ccc(Cl)cc2)N([C@@H](CO)CC(C)C)C(=O)[C@@H]13. The van der Waals surface area contributed by atoms with Gasteiger partial charge < -0.3 is 29.7 Å². The highest BCUT2D eigenvalue weighted by Crippen LogP contribution is 2.59. The van der Waals surface area contributed by atoms with Crippen LogP contribution in [0.15, 0.2) is 49.6 Å². The van der Waals surface area contributed by atoms with Crippen molar-refractivity contribution in [3.63, 3.8) is 0 Å². The molecule has 0 unspecified atom stereocenters. The van der Waals surface area contributed by atoms with Crippen LogP contribution in [-0.2, 0) is 28.7 Å². The normalized spacial score (nSPS) is 26.7. The molecule has 3 saturated heterocycles. The lowest BCUT2D eigenvalue weighted by atomic mass is 9.70. The van der Waals surface area contributed by atoms with Crippen LogP contribution in [0.3, 0.4) is 0 Å². The van der Waals surface area contributed by atoms with E-state index >= 15 is 0 Å². The van der Waals surface area contributed by atoms with Crippen LogP contribution in [0.2, 0.25) is 5.02 Å². The molecular weight excluding hydrogens is 586 g/mol.